The first-order chi connectivity index (χ1) is 13.3. The largest absolute Gasteiger partial charge is 0.463 e. The maximum Gasteiger partial charge on any atom is 0.303 e. The van der Waals surface area contributed by atoms with Crippen LogP contribution in [0.4, 0.5) is 0 Å². The number of nitrogens with zero attached hydrogens (tertiary/aromatic N) is 1. The molecule has 28 heavy (non-hydrogen) atoms. The summed E-state index contributed by atoms with van der Waals surface area (Å²) in [6, 6.07) is 0. The lowest BCUT2D eigenvalue weighted by atomic mass is 10.0. The molecule has 0 radical (unpaired) electrons. The van der Waals surface area contributed by atoms with Crippen LogP contribution in [0.1, 0.15) is 32.4 Å². The zero-order valence-corrected chi connectivity index (χ0v) is 15.4. The number of carbonyl (C=O) groups excluding carboxylic acids is 3. The summed E-state index contributed by atoms with van der Waals surface area (Å²) in [6.07, 6.45) is -1.09. The lowest BCUT2D eigenvalue weighted by Crippen LogP contribution is -2.40. The molecule has 4 atom stereocenters. The second-order valence-corrected chi connectivity index (χ2v) is 6.25. The molecule has 1 aliphatic heterocycles. The van der Waals surface area contributed by atoms with Crippen LogP contribution in [0.5, 0.6) is 0 Å². The zero-order chi connectivity index (χ0) is 20.4. The number of nitrogens with one attached hydrogen (secondary N) is 2. The summed E-state index contributed by atoms with van der Waals surface area (Å²) >= 11 is 0. The number of H-pyrrole nitrogens is 2. The topological polar surface area (TPSA) is 150 Å². The van der Waals surface area contributed by atoms with Crippen molar-refractivity contribution in [3.8, 4) is 0 Å². The highest BCUT2D eigenvalue weighted by Gasteiger charge is 2.51. The summed E-state index contributed by atoms with van der Waals surface area (Å²) in [5, 5.41) is 0. The van der Waals surface area contributed by atoms with Crippen molar-refractivity contribution in [3.05, 3.63) is 28.4 Å². The number of carbonyl (C=O) groups is 3. The Bertz CT molecular complexity index is 965. The second kappa shape index (κ2) is 7.80. The van der Waals surface area contributed by atoms with E-state index in [0.29, 0.717) is 11.1 Å². The molecule has 11 nitrogen and oxygen atoms in total. The molecule has 0 amide bonds. The maximum atomic E-state index is 11.9. The average Bonchev–Trinajstić information content (AvgIpc) is 3.16. The van der Waals surface area contributed by atoms with Crippen molar-refractivity contribution < 1.29 is 33.3 Å². The highest BCUT2D eigenvalue weighted by Crippen LogP contribution is 2.39. The third kappa shape index (κ3) is 3.88. The van der Waals surface area contributed by atoms with Crippen LogP contribution in [0, 0.1) is 0 Å². The molecule has 1 fully saturated rings. The van der Waals surface area contributed by atoms with E-state index in [1.807, 2.05) is 0 Å². The minimum absolute atomic E-state index is 0.210. The minimum atomic E-state index is -1.03. The Morgan fingerprint density at radius 2 is 1.75 bits per heavy atom. The van der Waals surface area contributed by atoms with Gasteiger partial charge >= 0.3 is 17.9 Å². The molecule has 11 heteroatoms. The molecule has 1 aliphatic rings. The van der Waals surface area contributed by atoms with Crippen molar-refractivity contribution in [2.24, 2.45) is 0 Å². The number of esters is 3. The van der Waals surface area contributed by atoms with E-state index in [0.717, 1.165) is 0 Å². The smallest absolute Gasteiger partial charge is 0.303 e. The molecule has 0 aromatic carbocycles. The molecule has 2 aromatic heterocycles. The van der Waals surface area contributed by atoms with E-state index in [9.17, 15) is 19.2 Å². The van der Waals surface area contributed by atoms with Crippen LogP contribution in [-0.2, 0) is 33.3 Å². The predicted molar refractivity (Wildman–Crippen MR) is 92.1 cm³/mol. The van der Waals surface area contributed by atoms with Gasteiger partial charge in [0.1, 0.15) is 29.8 Å². The minimum Gasteiger partial charge on any atom is -0.463 e. The van der Waals surface area contributed by atoms with Gasteiger partial charge in [0.2, 0.25) is 0 Å². The summed E-state index contributed by atoms with van der Waals surface area (Å²) in [4.78, 5) is 55.8. The normalized spacial score (nSPS) is 24.1. The third-order valence-corrected chi connectivity index (χ3v) is 4.17. The molecule has 0 spiro atoms. The zero-order valence-electron chi connectivity index (χ0n) is 15.4. The first-order valence-electron chi connectivity index (χ1n) is 8.46. The number of fused-ring (bicyclic) bond motifs is 1. The van der Waals surface area contributed by atoms with E-state index in [1.165, 1.54) is 33.3 Å². The Kier molecular flexibility index (Phi) is 5.45. The number of aromatic amines is 2. The van der Waals surface area contributed by atoms with Crippen molar-refractivity contribution in [2.45, 2.75) is 45.2 Å². The monoisotopic (exact) mass is 393 g/mol. The van der Waals surface area contributed by atoms with Crippen molar-refractivity contribution in [1.29, 1.82) is 0 Å². The third-order valence-electron chi connectivity index (χ3n) is 4.17. The Hall–Kier alpha value is -3.21. The molecule has 3 rings (SSSR count). The summed E-state index contributed by atoms with van der Waals surface area (Å²) in [7, 11) is 0. The van der Waals surface area contributed by atoms with Crippen LogP contribution < -0.4 is 5.56 Å². The summed E-state index contributed by atoms with van der Waals surface area (Å²) in [5.41, 5.74) is 0.594. The molecular weight excluding hydrogens is 374 g/mol. The van der Waals surface area contributed by atoms with Gasteiger partial charge < -0.3 is 28.9 Å². The van der Waals surface area contributed by atoms with Gasteiger partial charge in [0.25, 0.3) is 5.56 Å². The highest BCUT2D eigenvalue weighted by molar-refractivity contribution is 5.78. The fourth-order valence-electron chi connectivity index (χ4n) is 3.15. The number of rotatable bonds is 5. The molecule has 0 bridgehead atoms. The van der Waals surface area contributed by atoms with Crippen molar-refractivity contribution in [2.75, 3.05) is 6.61 Å². The van der Waals surface area contributed by atoms with Gasteiger partial charge in [-0.2, -0.15) is 0 Å². The van der Waals surface area contributed by atoms with Gasteiger partial charge in [-0.3, -0.25) is 19.2 Å². The van der Waals surface area contributed by atoms with Crippen LogP contribution >= 0.6 is 0 Å². The van der Waals surface area contributed by atoms with Gasteiger partial charge in [-0.05, 0) is 0 Å². The summed E-state index contributed by atoms with van der Waals surface area (Å²) < 4.78 is 21.6. The number of hydrogen-bond donors (Lipinski definition) is 2. The predicted octanol–water partition coefficient (Wildman–Crippen LogP) is 0.118. The SMILES string of the molecule is CC(=O)OC[C@H]1O[C@@H](c2c[nH]c3c(=O)[nH]cnc23)[C@H](OC(C)=O)[C@@H]1OC(C)=O. The van der Waals surface area contributed by atoms with Gasteiger partial charge in [0, 0.05) is 32.5 Å². The van der Waals surface area contributed by atoms with Crippen LogP contribution in [0.3, 0.4) is 0 Å². The molecule has 0 unspecified atom stereocenters. The number of aromatic nitrogens is 3. The van der Waals surface area contributed by atoms with E-state index in [2.05, 4.69) is 15.0 Å². The highest BCUT2D eigenvalue weighted by atomic mass is 16.6. The standard InChI is InChI=1S/C17H19N3O8/c1-7(21)25-5-11-15(26-8(2)22)16(27-9(3)23)14(28-11)10-4-18-13-12(10)19-6-20-17(13)24/h4,6,11,14-16,18H,5H2,1-3H3,(H,19,20,24)/t11-,14+,15-,16+/m1/s1. The molecular formula is C17H19N3O8. The molecule has 3 heterocycles. The van der Waals surface area contributed by atoms with Gasteiger partial charge in [0.15, 0.2) is 12.2 Å². The molecule has 2 N–H and O–H groups in total. The first-order valence-corrected chi connectivity index (χ1v) is 8.46. The second-order valence-electron chi connectivity index (χ2n) is 6.25. The molecule has 150 valence electrons. The number of hydrogen-bond acceptors (Lipinski definition) is 9. The average molecular weight is 393 g/mol. The van der Waals surface area contributed by atoms with Crippen molar-refractivity contribution >= 4 is 28.9 Å². The summed E-state index contributed by atoms with van der Waals surface area (Å²) in [5.74, 6) is -1.78. The van der Waals surface area contributed by atoms with E-state index >= 15 is 0 Å². The van der Waals surface area contributed by atoms with Crippen molar-refractivity contribution in [3.63, 3.8) is 0 Å². The quantitative estimate of drug-likeness (QED) is 0.533. The lowest BCUT2D eigenvalue weighted by Gasteiger charge is -2.23. The van der Waals surface area contributed by atoms with Gasteiger partial charge in [-0.25, -0.2) is 4.98 Å². The lowest BCUT2D eigenvalue weighted by molar-refractivity contribution is -0.165. The summed E-state index contributed by atoms with van der Waals surface area (Å²) in [6.45, 7) is 3.43. The molecule has 0 aliphatic carbocycles. The van der Waals surface area contributed by atoms with Gasteiger partial charge in [-0.15, -0.1) is 0 Å². The fourth-order valence-corrected chi connectivity index (χ4v) is 3.15. The molecule has 1 saturated heterocycles. The van der Waals surface area contributed by atoms with E-state index < -0.39 is 42.3 Å². The van der Waals surface area contributed by atoms with E-state index in [1.54, 1.807) is 0 Å². The van der Waals surface area contributed by atoms with E-state index in [-0.39, 0.29) is 17.7 Å². The Morgan fingerprint density at radius 3 is 2.39 bits per heavy atom. The Morgan fingerprint density at radius 1 is 1.07 bits per heavy atom. The first kappa shape index (κ1) is 19.5. The molecule has 2 aromatic rings. The number of ether oxygens (including phenoxy) is 4. The van der Waals surface area contributed by atoms with Crippen molar-refractivity contribution in [1.82, 2.24) is 15.0 Å². The van der Waals surface area contributed by atoms with Crippen LogP contribution in [0.15, 0.2) is 17.3 Å². The van der Waals surface area contributed by atoms with E-state index in [4.69, 9.17) is 18.9 Å². The maximum absolute atomic E-state index is 11.9. The fraction of sp³-hybridized carbons (Fsp3) is 0.471. The van der Waals surface area contributed by atoms with Gasteiger partial charge in [0.05, 0.1) is 6.33 Å². The Balaban J connectivity index is 2.02. The van der Waals surface area contributed by atoms with Crippen LogP contribution in [-0.4, -0.2) is 57.8 Å². The van der Waals surface area contributed by atoms with Gasteiger partial charge in [-0.1, -0.05) is 0 Å². The van der Waals surface area contributed by atoms with Crippen LogP contribution in [0.2, 0.25) is 0 Å². The van der Waals surface area contributed by atoms with Crippen LogP contribution in [0.25, 0.3) is 11.0 Å². The Labute approximate surface area is 158 Å². The molecule has 0 saturated carbocycles.